The van der Waals surface area contributed by atoms with Crippen LogP contribution in [0.4, 0.5) is 0 Å². The van der Waals surface area contributed by atoms with Crippen LogP contribution in [0.3, 0.4) is 0 Å². The minimum absolute atomic E-state index is 0.678. The average molecular weight is 254 g/mol. The zero-order valence-electron chi connectivity index (χ0n) is 10.7. The fourth-order valence-corrected chi connectivity index (χ4v) is 4.38. The van der Waals surface area contributed by atoms with Crippen molar-refractivity contribution < 1.29 is 5.11 Å². The normalized spacial score (nSPS) is 15.8. The second-order valence-corrected chi connectivity index (χ2v) is 12.3. The third-order valence-corrected chi connectivity index (χ3v) is 5.11. The van der Waals surface area contributed by atoms with E-state index in [-0.39, 0.29) is 0 Å². The Morgan fingerprint density at radius 2 is 2.12 bits per heavy atom. The van der Waals surface area contributed by atoms with Gasteiger partial charge in [0.2, 0.25) is 0 Å². The van der Waals surface area contributed by atoms with E-state index in [1.807, 2.05) is 24.4 Å². The Kier molecular flexibility index (Phi) is 4.15. The van der Waals surface area contributed by atoms with Crippen LogP contribution < -0.4 is 0 Å². The molecule has 1 atom stereocenters. The average Bonchev–Trinajstić information content (AvgIpc) is 2.49. The van der Waals surface area contributed by atoms with Crippen LogP contribution >= 0.6 is 11.3 Å². The quantitative estimate of drug-likeness (QED) is 0.615. The molecular weight excluding hydrogens is 232 g/mol. The highest BCUT2D eigenvalue weighted by Crippen LogP contribution is 2.33. The van der Waals surface area contributed by atoms with Gasteiger partial charge in [-0.3, -0.25) is 0 Å². The van der Waals surface area contributed by atoms with E-state index in [1.54, 1.807) is 11.3 Å². The Hall–Kier alpha value is -0.383. The molecule has 0 aliphatic heterocycles. The molecule has 0 spiro atoms. The van der Waals surface area contributed by atoms with Crippen molar-refractivity contribution in [2.24, 2.45) is 0 Å². The summed E-state index contributed by atoms with van der Waals surface area (Å²) in [5.74, 6) is 0. The Morgan fingerprint density at radius 1 is 1.50 bits per heavy atom. The minimum Gasteiger partial charge on any atom is -0.384 e. The van der Waals surface area contributed by atoms with Crippen LogP contribution in [0.2, 0.25) is 25.7 Å². The van der Waals surface area contributed by atoms with Crippen LogP contribution in [0, 0.1) is 0 Å². The van der Waals surface area contributed by atoms with E-state index in [9.17, 15) is 5.11 Å². The molecule has 0 saturated heterocycles. The van der Waals surface area contributed by atoms with Gasteiger partial charge in [0.1, 0.15) is 0 Å². The molecule has 3 heteroatoms. The summed E-state index contributed by atoms with van der Waals surface area (Å²) in [6, 6.07) is 5.07. The van der Waals surface area contributed by atoms with Crippen molar-refractivity contribution in [2.75, 3.05) is 0 Å². The molecule has 1 nitrogen and oxygen atoms in total. The Morgan fingerprint density at radius 3 is 2.56 bits per heavy atom. The molecule has 1 heterocycles. The lowest BCUT2D eigenvalue weighted by Gasteiger charge is -2.26. The van der Waals surface area contributed by atoms with Gasteiger partial charge in [-0.25, -0.2) is 0 Å². The molecule has 0 aliphatic carbocycles. The summed E-state index contributed by atoms with van der Waals surface area (Å²) in [6.45, 7) is 13.0. The zero-order valence-corrected chi connectivity index (χ0v) is 12.5. The van der Waals surface area contributed by atoms with Crippen molar-refractivity contribution in [1.29, 1.82) is 0 Å². The van der Waals surface area contributed by atoms with Crippen molar-refractivity contribution in [2.45, 2.75) is 44.6 Å². The monoisotopic (exact) mass is 254 g/mol. The fraction of sp³-hybridized carbons (Fsp3) is 0.538. The molecule has 0 aromatic carbocycles. The topological polar surface area (TPSA) is 20.2 Å². The first-order valence-corrected chi connectivity index (χ1v) is 10.2. The summed E-state index contributed by atoms with van der Waals surface area (Å²) >= 11 is 1.61. The lowest BCUT2D eigenvalue weighted by Crippen LogP contribution is -2.25. The Balaban J connectivity index is 2.64. The highest BCUT2D eigenvalue weighted by Gasteiger charge is 2.26. The maximum absolute atomic E-state index is 10.4. The van der Waals surface area contributed by atoms with E-state index in [4.69, 9.17) is 0 Å². The lowest BCUT2D eigenvalue weighted by atomic mass is 9.96. The molecule has 0 bridgehead atoms. The van der Waals surface area contributed by atoms with Crippen molar-refractivity contribution in [3.8, 4) is 0 Å². The van der Waals surface area contributed by atoms with Crippen LogP contribution in [-0.4, -0.2) is 13.2 Å². The first-order valence-electron chi connectivity index (χ1n) is 5.64. The minimum atomic E-state index is -1.11. The number of hydrogen-bond donors (Lipinski definition) is 1. The number of rotatable bonds is 5. The fourth-order valence-electron chi connectivity index (χ4n) is 1.97. The van der Waals surface area contributed by atoms with Crippen LogP contribution in [0.15, 0.2) is 29.7 Å². The van der Waals surface area contributed by atoms with Gasteiger partial charge in [0.25, 0.3) is 0 Å². The van der Waals surface area contributed by atoms with Gasteiger partial charge in [-0.1, -0.05) is 31.3 Å². The molecule has 0 amide bonds. The van der Waals surface area contributed by atoms with E-state index < -0.39 is 13.7 Å². The molecule has 1 aromatic heterocycles. The van der Waals surface area contributed by atoms with Crippen LogP contribution in [0.1, 0.15) is 18.2 Å². The second kappa shape index (κ2) is 4.86. The third kappa shape index (κ3) is 4.24. The highest BCUT2D eigenvalue weighted by atomic mass is 32.1. The standard InChI is InChI=1S/C13H22OSSi/c1-11(10-16(3,4)5)9-13(2,14)12-7-6-8-15-12/h6-8,14H,1,9-10H2,2-5H3/t13-/m0/s1. The predicted molar refractivity (Wildman–Crippen MR) is 75.8 cm³/mol. The summed E-state index contributed by atoms with van der Waals surface area (Å²) in [4.78, 5) is 1.03. The maximum atomic E-state index is 10.4. The summed E-state index contributed by atoms with van der Waals surface area (Å²) in [5.41, 5.74) is 0.433. The maximum Gasteiger partial charge on any atom is 0.0996 e. The molecule has 1 rings (SSSR count). The lowest BCUT2D eigenvalue weighted by molar-refractivity contribution is 0.0616. The first-order chi connectivity index (χ1) is 7.21. The molecular formula is C13H22OSSi. The molecule has 0 fully saturated rings. The molecule has 16 heavy (non-hydrogen) atoms. The number of hydrogen-bond acceptors (Lipinski definition) is 2. The molecule has 90 valence electrons. The number of aliphatic hydroxyl groups is 1. The molecule has 0 unspecified atom stereocenters. The van der Waals surface area contributed by atoms with Gasteiger partial charge in [0, 0.05) is 19.4 Å². The van der Waals surface area contributed by atoms with Crippen molar-refractivity contribution in [1.82, 2.24) is 0 Å². The summed E-state index contributed by atoms with van der Waals surface area (Å²) in [6.07, 6.45) is 0.678. The van der Waals surface area contributed by atoms with Crippen LogP contribution in [0.5, 0.6) is 0 Å². The zero-order chi connectivity index (χ0) is 12.4. The van der Waals surface area contributed by atoms with E-state index in [0.717, 1.165) is 10.9 Å². The van der Waals surface area contributed by atoms with Crippen molar-refractivity contribution in [3.63, 3.8) is 0 Å². The van der Waals surface area contributed by atoms with E-state index in [1.165, 1.54) is 5.57 Å². The van der Waals surface area contributed by atoms with Crippen molar-refractivity contribution in [3.05, 3.63) is 34.5 Å². The Labute approximate surface area is 104 Å². The molecule has 0 saturated carbocycles. The largest absolute Gasteiger partial charge is 0.384 e. The van der Waals surface area contributed by atoms with E-state index in [2.05, 4.69) is 26.2 Å². The summed E-state index contributed by atoms with van der Waals surface area (Å²) in [7, 11) is -1.11. The number of thiophene rings is 1. The van der Waals surface area contributed by atoms with E-state index in [0.29, 0.717) is 6.42 Å². The van der Waals surface area contributed by atoms with Gasteiger partial charge in [-0.05, 0) is 24.4 Å². The first kappa shape index (κ1) is 13.7. The van der Waals surface area contributed by atoms with Gasteiger partial charge in [-0.2, -0.15) is 0 Å². The van der Waals surface area contributed by atoms with Gasteiger partial charge in [0.05, 0.1) is 5.60 Å². The highest BCUT2D eigenvalue weighted by molar-refractivity contribution is 7.10. The molecule has 1 aromatic rings. The van der Waals surface area contributed by atoms with E-state index >= 15 is 0 Å². The molecule has 0 aliphatic rings. The van der Waals surface area contributed by atoms with Gasteiger partial charge < -0.3 is 5.11 Å². The summed E-state index contributed by atoms with van der Waals surface area (Å²) < 4.78 is 0. The SMILES string of the molecule is C=C(C[C@](C)(O)c1cccs1)C[Si](C)(C)C. The summed E-state index contributed by atoms with van der Waals surface area (Å²) in [5, 5.41) is 12.4. The Bertz CT molecular complexity index is 347. The van der Waals surface area contributed by atoms with Gasteiger partial charge in [-0.15, -0.1) is 17.9 Å². The molecule has 0 radical (unpaired) electrons. The van der Waals surface area contributed by atoms with Crippen molar-refractivity contribution >= 4 is 19.4 Å². The van der Waals surface area contributed by atoms with Crippen LogP contribution in [-0.2, 0) is 5.60 Å². The molecule has 1 N–H and O–H groups in total. The van der Waals surface area contributed by atoms with Gasteiger partial charge >= 0.3 is 0 Å². The predicted octanol–water partition coefficient (Wildman–Crippen LogP) is 4.24. The van der Waals surface area contributed by atoms with Crippen LogP contribution in [0.25, 0.3) is 0 Å². The smallest absolute Gasteiger partial charge is 0.0996 e. The third-order valence-electron chi connectivity index (χ3n) is 2.43. The second-order valence-electron chi connectivity index (χ2n) is 5.92. The van der Waals surface area contributed by atoms with Gasteiger partial charge in [0.15, 0.2) is 0 Å².